The minimum absolute atomic E-state index is 0.0658. The van der Waals surface area contributed by atoms with Crippen molar-refractivity contribution in [2.45, 2.75) is 45.4 Å². The summed E-state index contributed by atoms with van der Waals surface area (Å²) >= 11 is 0. The van der Waals surface area contributed by atoms with Crippen molar-refractivity contribution in [3.8, 4) is 11.5 Å². The number of hydrogen-bond donors (Lipinski definition) is 2. The lowest BCUT2D eigenvalue weighted by atomic mass is 10.2. The zero-order valence-corrected chi connectivity index (χ0v) is 18.2. The van der Waals surface area contributed by atoms with E-state index in [9.17, 15) is 0 Å². The number of nitrogens with zero attached hydrogens (tertiary/aromatic N) is 4. The van der Waals surface area contributed by atoms with Gasteiger partial charge in [0.15, 0.2) is 11.8 Å². The zero-order chi connectivity index (χ0) is 21.3. The van der Waals surface area contributed by atoms with Crippen LogP contribution in [0.15, 0.2) is 29.3 Å². The molecule has 0 radical (unpaired) electrons. The molecule has 0 bridgehead atoms. The van der Waals surface area contributed by atoms with E-state index in [1.54, 1.807) is 7.11 Å². The number of hydrogen-bond acceptors (Lipinski definition) is 6. The Balaban J connectivity index is 1.57. The summed E-state index contributed by atoms with van der Waals surface area (Å²) in [5.41, 5.74) is 0. The number of aliphatic imine (C=N–C) groups is 1. The lowest BCUT2D eigenvalue weighted by molar-refractivity contribution is 0.113. The fourth-order valence-electron chi connectivity index (χ4n) is 3.12. The maximum Gasteiger partial charge on any atom is 0.191 e. The first kappa shape index (κ1) is 21.9. The fourth-order valence-corrected chi connectivity index (χ4v) is 3.12. The Kier molecular flexibility index (Phi) is 7.89. The summed E-state index contributed by atoms with van der Waals surface area (Å²) in [6, 6.07) is 7.59. The van der Waals surface area contributed by atoms with Gasteiger partial charge in [0.1, 0.15) is 30.0 Å². The van der Waals surface area contributed by atoms with E-state index in [2.05, 4.69) is 25.8 Å². The number of methoxy groups -OCH3 is 1. The number of rotatable bonds is 9. The van der Waals surface area contributed by atoms with Crippen LogP contribution in [0.2, 0.25) is 0 Å². The van der Waals surface area contributed by atoms with Crippen molar-refractivity contribution in [3.05, 3.63) is 35.9 Å². The number of nitrogens with one attached hydrogen (secondary N) is 2. The van der Waals surface area contributed by atoms with Crippen molar-refractivity contribution in [2.24, 2.45) is 12.0 Å². The van der Waals surface area contributed by atoms with Gasteiger partial charge in [0, 0.05) is 26.3 Å². The molecule has 1 saturated heterocycles. The standard InChI is InChI=1S/C21H32N6O3/c1-15(30-18-8-5-7-17(11-18)28-4)12-22-21(23-13-19-9-6-10-29-19)24-14-20-26-25-16(2)27(20)3/h5,7-8,11,15,19H,6,9-10,12-14H2,1-4H3,(H2,22,23,24). The van der Waals surface area contributed by atoms with Crippen molar-refractivity contribution < 1.29 is 14.2 Å². The lowest BCUT2D eigenvalue weighted by Gasteiger charge is -2.19. The second-order valence-corrected chi connectivity index (χ2v) is 7.39. The summed E-state index contributed by atoms with van der Waals surface area (Å²) in [5.74, 6) is 3.91. The minimum Gasteiger partial charge on any atom is -0.497 e. The molecular weight excluding hydrogens is 384 g/mol. The Morgan fingerprint density at radius 2 is 2.17 bits per heavy atom. The first-order chi connectivity index (χ1) is 14.5. The highest BCUT2D eigenvalue weighted by molar-refractivity contribution is 5.79. The van der Waals surface area contributed by atoms with Crippen LogP contribution in [0.5, 0.6) is 11.5 Å². The van der Waals surface area contributed by atoms with Crippen LogP contribution in [0.3, 0.4) is 0 Å². The molecule has 2 heterocycles. The van der Waals surface area contributed by atoms with Crippen LogP contribution in [-0.2, 0) is 18.3 Å². The monoisotopic (exact) mass is 416 g/mol. The Bertz CT molecular complexity index is 832. The maximum absolute atomic E-state index is 5.99. The summed E-state index contributed by atoms with van der Waals surface area (Å²) in [6.45, 7) is 6.50. The van der Waals surface area contributed by atoms with E-state index >= 15 is 0 Å². The summed E-state index contributed by atoms with van der Waals surface area (Å²) in [4.78, 5) is 4.68. The molecule has 1 aromatic carbocycles. The van der Waals surface area contributed by atoms with Gasteiger partial charge in [0.05, 0.1) is 19.8 Å². The van der Waals surface area contributed by atoms with E-state index in [0.29, 0.717) is 19.0 Å². The van der Waals surface area contributed by atoms with E-state index in [0.717, 1.165) is 49.1 Å². The van der Waals surface area contributed by atoms with Gasteiger partial charge < -0.3 is 29.4 Å². The summed E-state index contributed by atoms with van der Waals surface area (Å²) in [6.07, 6.45) is 2.33. The van der Waals surface area contributed by atoms with Gasteiger partial charge in [0.2, 0.25) is 0 Å². The Morgan fingerprint density at radius 3 is 2.87 bits per heavy atom. The van der Waals surface area contributed by atoms with Crippen molar-refractivity contribution >= 4 is 5.96 Å². The molecule has 2 aromatic rings. The largest absolute Gasteiger partial charge is 0.497 e. The fraction of sp³-hybridized carbons (Fsp3) is 0.571. The van der Waals surface area contributed by atoms with Gasteiger partial charge in [-0.2, -0.15) is 0 Å². The average Bonchev–Trinajstić information content (AvgIpc) is 3.38. The molecule has 1 aliphatic heterocycles. The molecule has 2 atom stereocenters. The molecule has 3 rings (SSSR count). The van der Waals surface area contributed by atoms with Gasteiger partial charge in [-0.25, -0.2) is 4.99 Å². The van der Waals surface area contributed by atoms with Crippen molar-refractivity contribution in [1.82, 2.24) is 25.4 Å². The predicted molar refractivity (Wildman–Crippen MR) is 115 cm³/mol. The number of aromatic nitrogens is 3. The molecule has 2 unspecified atom stereocenters. The normalized spacial score (nSPS) is 17.6. The molecule has 2 N–H and O–H groups in total. The van der Waals surface area contributed by atoms with Crippen LogP contribution in [0, 0.1) is 6.92 Å². The highest BCUT2D eigenvalue weighted by Gasteiger charge is 2.16. The molecule has 0 amide bonds. The van der Waals surface area contributed by atoms with E-state index in [1.807, 2.05) is 49.7 Å². The summed E-state index contributed by atoms with van der Waals surface area (Å²) < 4.78 is 18.9. The van der Waals surface area contributed by atoms with Gasteiger partial charge in [-0.3, -0.25) is 0 Å². The molecule has 1 fully saturated rings. The molecule has 1 aromatic heterocycles. The van der Waals surface area contributed by atoms with E-state index in [-0.39, 0.29) is 12.2 Å². The van der Waals surface area contributed by atoms with Crippen molar-refractivity contribution in [2.75, 3.05) is 26.8 Å². The van der Waals surface area contributed by atoms with Crippen molar-refractivity contribution in [1.29, 1.82) is 0 Å². The van der Waals surface area contributed by atoms with Crippen LogP contribution >= 0.6 is 0 Å². The van der Waals surface area contributed by atoms with Crippen LogP contribution in [0.4, 0.5) is 0 Å². The molecule has 9 nitrogen and oxygen atoms in total. The van der Waals surface area contributed by atoms with Gasteiger partial charge >= 0.3 is 0 Å². The molecular formula is C21H32N6O3. The topological polar surface area (TPSA) is 94.8 Å². The predicted octanol–water partition coefficient (Wildman–Crippen LogP) is 1.81. The summed E-state index contributed by atoms with van der Waals surface area (Å²) in [5, 5.41) is 15.0. The van der Waals surface area contributed by atoms with Gasteiger partial charge in [0.25, 0.3) is 0 Å². The van der Waals surface area contributed by atoms with Crippen LogP contribution < -0.4 is 20.1 Å². The third-order valence-corrected chi connectivity index (χ3v) is 5.02. The highest BCUT2D eigenvalue weighted by Crippen LogP contribution is 2.19. The van der Waals surface area contributed by atoms with E-state index < -0.39 is 0 Å². The molecule has 0 spiro atoms. The number of guanidine groups is 1. The molecule has 9 heteroatoms. The first-order valence-corrected chi connectivity index (χ1v) is 10.3. The van der Waals surface area contributed by atoms with Crippen LogP contribution in [0.1, 0.15) is 31.4 Å². The highest BCUT2D eigenvalue weighted by atomic mass is 16.5. The third-order valence-electron chi connectivity index (χ3n) is 5.02. The van der Waals surface area contributed by atoms with Crippen LogP contribution in [0.25, 0.3) is 0 Å². The molecule has 0 aliphatic carbocycles. The smallest absolute Gasteiger partial charge is 0.191 e. The molecule has 0 saturated carbocycles. The number of ether oxygens (including phenoxy) is 3. The third kappa shape index (κ3) is 6.35. The number of aryl methyl sites for hydroxylation is 1. The SMILES string of the molecule is COc1cccc(OC(C)CNC(=NCc2nnc(C)n2C)NCC2CCCO2)c1. The average molecular weight is 417 g/mol. The minimum atomic E-state index is -0.0658. The number of benzene rings is 1. The second kappa shape index (κ2) is 10.8. The Labute approximate surface area is 177 Å². The Hall–Kier alpha value is -2.81. The summed E-state index contributed by atoms with van der Waals surface area (Å²) in [7, 11) is 3.59. The van der Waals surface area contributed by atoms with Gasteiger partial charge in [-0.15, -0.1) is 10.2 Å². The molecule has 30 heavy (non-hydrogen) atoms. The van der Waals surface area contributed by atoms with Crippen LogP contribution in [-0.4, -0.2) is 59.7 Å². The van der Waals surface area contributed by atoms with Crippen molar-refractivity contribution in [3.63, 3.8) is 0 Å². The second-order valence-electron chi connectivity index (χ2n) is 7.39. The first-order valence-electron chi connectivity index (χ1n) is 10.3. The van der Waals surface area contributed by atoms with E-state index in [4.69, 9.17) is 14.2 Å². The lowest BCUT2D eigenvalue weighted by Crippen LogP contribution is -2.44. The molecule has 1 aliphatic rings. The Morgan fingerprint density at radius 1 is 1.33 bits per heavy atom. The van der Waals surface area contributed by atoms with E-state index in [1.165, 1.54) is 0 Å². The molecule has 164 valence electrons. The quantitative estimate of drug-likeness (QED) is 0.476. The maximum atomic E-state index is 5.99. The van der Waals surface area contributed by atoms with Gasteiger partial charge in [-0.1, -0.05) is 6.07 Å². The zero-order valence-electron chi connectivity index (χ0n) is 18.2. The van der Waals surface area contributed by atoms with Gasteiger partial charge in [-0.05, 0) is 38.8 Å².